The highest BCUT2D eigenvalue weighted by molar-refractivity contribution is 7.39. The average Bonchev–Trinajstić information content (AvgIpc) is 2.46. The van der Waals surface area contributed by atoms with Gasteiger partial charge in [0.2, 0.25) is 0 Å². The largest absolute Gasteiger partial charge is 0.0718 e. The lowest BCUT2D eigenvalue weighted by Gasteiger charge is -2.26. The molecule has 3 heteroatoms. The molecule has 0 bridgehead atoms. The molecule has 0 unspecified atom stereocenters. The van der Waals surface area contributed by atoms with Gasteiger partial charge in [-0.15, -0.1) is 0 Å². The van der Waals surface area contributed by atoms with Gasteiger partial charge >= 0.3 is 0 Å². The molecule has 122 valence electrons. The SMILES string of the molecule is CCCCCCCC[Si](C)(CCCCCCCC)[SiH2][SiH3]. The molecule has 0 aromatic heterocycles. The molecule has 0 amide bonds. The second-order valence-corrected chi connectivity index (χ2v) is 26.1. The number of rotatable bonds is 15. The predicted octanol–water partition coefficient (Wildman–Crippen LogP) is 4.73. The Hall–Kier alpha value is 0.651. The van der Waals surface area contributed by atoms with Crippen molar-refractivity contribution in [2.75, 3.05) is 0 Å². The topological polar surface area (TPSA) is 0 Å². The van der Waals surface area contributed by atoms with Crippen LogP contribution in [0.4, 0.5) is 0 Å². The maximum atomic E-state index is 2.77. The summed E-state index contributed by atoms with van der Waals surface area (Å²) in [6, 6.07) is 3.40. The first-order valence-electron chi connectivity index (χ1n) is 9.68. The van der Waals surface area contributed by atoms with Gasteiger partial charge in [0.15, 0.2) is 0 Å². The molecular weight excluding hydrogens is 288 g/mol. The zero-order valence-corrected chi connectivity index (χ0v) is 19.5. The number of hydrogen-bond acceptors (Lipinski definition) is 0. The zero-order chi connectivity index (χ0) is 15.1. The smallest absolute Gasteiger partial charge is 0.0337 e. The predicted molar refractivity (Wildman–Crippen MR) is 106 cm³/mol. The van der Waals surface area contributed by atoms with Crippen LogP contribution >= 0.6 is 0 Å². The second-order valence-electron chi connectivity index (χ2n) is 7.20. The van der Waals surface area contributed by atoms with Crippen LogP contribution in [0.1, 0.15) is 90.9 Å². The standard InChI is InChI=1S/C17H42Si3/c1-4-6-8-10-12-14-16-20(3,19-18)17-15-13-11-9-7-5-2/h4-17,19H2,1-3,18H3. The average molecular weight is 331 g/mol. The molecule has 0 radical (unpaired) electrons. The van der Waals surface area contributed by atoms with E-state index < -0.39 is 7.59 Å². The normalized spacial score (nSPS) is 12.8. The Labute approximate surface area is 135 Å². The Kier molecular flexibility index (Phi) is 15.1. The number of unbranched alkanes of at least 4 members (excludes halogenated alkanes) is 10. The van der Waals surface area contributed by atoms with Gasteiger partial charge in [0.25, 0.3) is 0 Å². The summed E-state index contributed by atoms with van der Waals surface area (Å²) in [6.07, 6.45) is 17.9. The lowest BCUT2D eigenvalue weighted by atomic mass is 10.1. The first-order chi connectivity index (χ1) is 9.68. The first-order valence-corrected chi connectivity index (χ1v) is 20.6. The first kappa shape index (κ1) is 20.7. The summed E-state index contributed by atoms with van der Waals surface area (Å²) in [5.41, 5.74) is 0. The van der Waals surface area contributed by atoms with E-state index in [1.165, 1.54) is 64.2 Å². The summed E-state index contributed by atoms with van der Waals surface area (Å²) in [4.78, 5) is 0. The van der Waals surface area contributed by atoms with Crippen LogP contribution in [0, 0.1) is 0 Å². The van der Waals surface area contributed by atoms with Crippen molar-refractivity contribution in [2.24, 2.45) is 0 Å². The summed E-state index contributed by atoms with van der Waals surface area (Å²) in [5.74, 6) is 0. The summed E-state index contributed by atoms with van der Waals surface area (Å²) < 4.78 is 0. The van der Waals surface area contributed by atoms with Crippen LogP contribution in [-0.2, 0) is 0 Å². The molecule has 0 saturated heterocycles. The summed E-state index contributed by atoms with van der Waals surface area (Å²) in [5, 5.41) is 0. The quantitative estimate of drug-likeness (QED) is 0.301. The third kappa shape index (κ3) is 12.4. The highest BCUT2D eigenvalue weighted by Gasteiger charge is 2.23. The van der Waals surface area contributed by atoms with Gasteiger partial charge in [-0.1, -0.05) is 110 Å². The fraction of sp³-hybridized carbons (Fsp3) is 1.00. The molecular formula is C17H42Si3. The third-order valence-electron chi connectivity index (χ3n) is 5.12. The van der Waals surface area contributed by atoms with Crippen molar-refractivity contribution in [3.8, 4) is 0 Å². The van der Waals surface area contributed by atoms with Gasteiger partial charge in [-0.2, -0.15) is 0 Å². The maximum absolute atomic E-state index is 2.77. The minimum Gasteiger partial charge on any atom is -0.0718 e. The molecule has 0 N–H and O–H groups in total. The van der Waals surface area contributed by atoms with E-state index in [9.17, 15) is 0 Å². The van der Waals surface area contributed by atoms with Crippen molar-refractivity contribution in [2.45, 2.75) is 110 Å². The maximum Gasteiger partial charge on any atom is 0.0337 e. The molecule has 0 aromatic carbocycles. The Morgan fingerprint density at radius 2 is 1.00 bits per heavy atom. The lowest BCUT2D eigenvalue weighted by Crippen LogP contribution is -2.38. The molecule has 0 saturated carbocycles. The highest BCUT2D eigenvalue weighted by atomic mass is 29.5. The number of hydrogen-bond donors (Lipinski definition) is 0. The van der Waals surface area contributed by atoms with Crippen molar-refractivity contribution in [1.29, 1.82) is 0 Å². The van der Waals surface area contributed by atoms with Gasteiger partial charge < -0.3 is 0 Å². The van der Waals surface area contributed by atoms with E-state index in [1.54, 1.807) is 34.7 Å². The Morgan fingerprint density at radius 3 is 1.35 bits per heavy atom. The summed E-state index contributed by atoms with van der Waals surface area (Å²) in [6.45, 7) is 7.40. The minimum atomic E-state index is -0.660. The lowest BCUT2D eigenvalue weighted by molar-refractivity contribution is 0.616. The van der Waals surface area contributed by atoms with Crippen molar-refractivity contribution < 1.29 is 0 Å². The molecule has 0 aromatic rings. The second kappa shape index (κ2) is 14.6. The van der Waals surface area contributed by atoms with Crippen molar-refractivity contribution in [1.82, 2.24) is 0 Å². The Balaban J connectivity index is 3.57. The van der Waals surface area contributed by atoms with Crippen LogP contribution in [0.3, 0.4) is 0 Å². The minimum absolute atomic E-state index is 0.422. The molecule has 0 atom stereocenters. The van der Waals surface area contributed by atoms with Gasteiger partial charge in [0.05, 0.1) is 0 Å². The van der Waals surface area contributed by atoms with E-state index in [2.05, 4.69) is 20.4 Å². The van der Waals surface area contributed by atoms with E-state index >= 15 is 0 Å². The van der Waals surface area contributed by atoms with Gasteiger partial charge in [-0.25, -0.2) is 0 Å². The molecule has 0 aliphatic rings. The van der Waals surface area contributed by atoms with Crippen LogP contribution in [0.5, 0.6) is 0 Å². The summed E-state index contributed by atoms with van der Waals surface area (Å²) in [7, 11) is 1.35. The van der Waals surface area contributed by atoms with Crippen LogP contribution in [0.2, 0.25) is 18.6 Å². The van der Waals surface area contributed by atoms with Crippen LogP contribution < -0.4 is 0 Å². The molecule has 0 rings (SSSR count). The van der Waals surface area contributed by atoms with Gasteiger partial charge in [0, 0.05) is 16.1 Å². The van der Waals surface area contributed by atoms with Gasteiger partial charge in [-0.3, -0.25) is 0 Å². The fourth-order valence-electron chi connectivity index (χ4n) is 3.14. The van der Waals surface area contributed by atoms with Crippen molar-refractivity contribution >= 4 is 25.9 Å². The van der Waals surface area contributed by atoms with Crippen LogP contribution in [-0.4, -0.2) is 25.9 Å². The van der Waals surface area contributed by atoms with E-state index in [-0.39, 0.29) is 0 Å². The van der Waals surface area contributed by atoms with Crippen LogP contribution in [0.15, 0.2) is 0 Å². The van der Waals surface area contributed by atoms with Gasteiger partial charge in [-0.05, 0) is 9.76 Å². The molecule has 0 nitrogen and oxygen atoms in total. The van der Waals surface area contributed by atoms with Crippen molar-refractivity contribution in [3.63, 3.8) is 0 Å². The fourth-order valence-corrected chi connectivity index (χ4v) is 16.3. The molecule has 0 spiro atoms. The molecule has 0 aliphatic heterocycles. The van der Waals surface area contributed by atoms with E-state index in [0.29, 0.717) is 8.55 Å². The monoisotopic (exact) mass is 330 g/mol. The van der Waals surface area contributed by atoms with E-state index in [4.69, 9.17) is 0 Å². The molecule has 20 heavy (non-hydrogen) atoms. The third-order valence-corrected chi connectivity index (χ3v) is 32.6. The van der Waals surface area contributed by atoms with Crippen molar-refractivity contribution in [3.05, 3.63) is 0 Å². The van der Waals surface area contributed by atoms with Gasteiger partial charge in [0.1, 0.15) is 0 Å². The van der Waals surface area contributed by atoms with E-state index in [1.807, 2.05) is 0 Å². The summed E-state index contributed by atoms with van der Waals surface area (Å²) >= 11 is 0. The zero-order valence-electron chi connectivity index (χ0n) is 15.1. The molecule has 0 aliphatic carbocycles. The Bertz CT molecular complexity index is 179. The highest BCUT2D eigenvalue weighted by Crippen LogP contribution is 2.22. The van der Waals surface area contributed by atoms with E-state index in [0.717, 1.165) is 0 Å². The molecule has 0 fully saturated rings. The Morgan fingerprint density at radius 1 is 0.650 bits per heavy atom. The van der Waals surface area contributed by atoms with Crippen LogP contribution in [0.25, 0.3) is 0 Å². The molecule has 0 heterocycles.